The lowest BCUT2D eigenvalue weighted by Gasteiger charge is -1.99. The summed E-state index contributed by atoms with van der Waals surface area (Å²) in [7, 11) is 1.31. The molecule has 1 saturated heterocycles. The molecule has 25 heavy (non-hydrogen) atoms. The number of carbonyl (C=O) groups excluding carboxylic acids is 3. The second kappa shape index (κ2) is 16.4. The highest BCUT2D eigenvalue weighted by Gasteiger charge is 2.24. The van der Waals surface area contributed by atoms with Crippen LogP contribution in [0.15, 0.2) is 37.5 Å². The van der Waals surface area contributed by atoms with Crippen molar-refractivity contribution in [2.24, 2.45) is 0 Å². The average Bonchev–Trinajstić information content (AvgIpc) is 3.44. The predicted molar refractivity (Wildman–Crippen MR) is 93.8 cm³/mol. The van der Waals surface area contributed by atoms with Gasteiger partial charge < -0.3 is 18.9 Å². The number of unbranched alkanes of at least 4 members (excludes halogenated alkanes) is 1. The number of carbonyl (C=O) groups is 3. The summed E-state index contributed by atoms with van der Waals surface area (Å²) < 4.78 is 18.4. The molecule has 1 aliphatic rings. The van der Waals surface area contributed by atoms with Crippen LogP contribution in [-0.4, -0.2) is 50.9 Å². The van der Waals surface area contributed by atoms with Gasteiger partial charge in [-0.05, 0) is 13.3 Å². The van der Waals surface area contributed by atoms with E-state index in [0.717, 1.165) is 18.9 Å². The van der Waals surface area contributed by atoms with Gasteiger partial charge in [-0.3, -0.25) is 0 Å². The van der Waals surface area contributed by atoms with Crippen LogP contribution in [0.25, 0.3) is 0 Å². The first-order valence-corrected chi connectivity index (χ1v) is 7.76. The van der Waals surface area contributed by atoms with E-state index in [9.17, 15) is 14.4 Å². The smallest absolute Gasteiger partial charge is 0.333 e. The summed E-state index contributed by atoms with van der Waals surface area (Å²) >= 11 is 0. The van der Waals surface area contributed by atoms with Gasteiger partial charge >= 0.3 is 17.9 Å². The maximum atomic E-state index is 10.7. The molecule has 0 N–H and O–H groups in total. The average molecular weight is 356 g/mol. The Hall–Kier alpha value is -2.41. The first-order valence-electron chi connectivity index (χ1n) is 7.76. The molecule has 0 radical (unpaired) electrons. The Morgan fingerprint density at radius 2 is 1.72 bits per heavy atom. The second-order valence-corrected chi connectivity index (χ2v) is 4.79. The minimum Gasteiger partial charge on any atom is -0.466 e. The standard InChI is InChI=1S/C7H10O3.C7H12O2.C4H6O2/c1-5(2)7(8)10-4-6-3-9-6;1-3-5-6-9-7(8)4-2;1-3-4(5)6-2/h6H,1,3-4H2,2H3;4H,2-3,5-6H2,1H3;3H,1H2,2H3. The van der Waals surface area contributed by atoms with Gasteiger partial charge in [-0.1, -0.05) is 33.1 Å². The highest BCUT2D eigenvalue weighted by molar-refractivity contribution is 5.86. The van der Waals surface area contributed by atoms with Gasteiger partial charge in [-0.25, -0.2) is 14.4 Å². The van der Waals surface area contributed by atoms with Crippen molar-refractivity contribution in [3.63, 3.8) is 0 Å². The molecule has 1 unspecified atom stereocenters. The number of ether oxygens (including phenoxy) is 4. The third-order valence-electron chi connectivity index (χ3n) is 2.43. The molecule has 7 nitrogen and oxygen atoms in total. The van der Waals surface area contributed by atoms with Crippen molar-refractivity contribution in [2.45, 2.75) is 32.8 Å². The van der Waals surface area contributed by atoms with E-state index >= 15 is 0 Å². The fraction of sp³-hybridized carbons (Fsp3) is 0.500. The zero-order valence-corrected chi connectivity index (χ0v) is 15.2. The van der Waals surface area contributed by atoms with Gasteiger partial charge in [0.05, 0.1) is 20.3 Å². The summed E-state index contributed by atoms with van der Waals surface area (Å²) in [6, 6.07) is 0. The quantitative estimate of drug-likeness (QED) is 0.217. The molecule has 1 rings (SSSR count). The lowest BCUT2D eigenvalue weighted by Crippen LogP contribution is -2.09. The van der Waals surface area contributed by atoms with Crippen LogP contribution in [0.4, 0.5) is 0 Å². The molecular formula is C18H28O7. The molecule has 1 atom stereocenters. The van der Waals surface area contributed by atoms with Crippen LogP contribution in [-0.2, 0) is 33.3 Å². The Kier molecular flexibility index (Phi) is 16.3. The van der Waals surface area contributed by atoms with Crippen molar-refractivity contribution >= 4 is 17.9 Å². The van der Waals surface area contributed by atoms with Crippen LogP contribution in [0.3, 0.4) is 0 Å². The van der Waals surface area contributed by atoms with Gasteiger partial charge in [0.1, 0.15) is 12.7 Å². The van der Waals surface area contributed by atoms with E-state index in [1.165, 1.54) is 13.2 Å². The van der Waals surface area contributed by atoms with Crippen molar-refractivity contribution in [3.05, 3.63) is 37.5 Å². The number of rotatable bonds is 8. The van der Waals surface area contributed by atoms with Crippen LogP contribution >= 0.6 is 0 Å². The minimum atomic E-state index is -0.394. The van der Waals surface area contributed by atoms with Crippen LogP contribution in [0.5, 0.6) is 0 Å². The molecule has 0 spiro atoms. The molecule has 0 aliphatic carbocycles. The molecule has 0 bridgehead atoms. The predicted octanol–water partition coefficient (Wildman–Crippen LogP) is 2.37. The lowest BCUT2D eigenvalue weighted by molar-refractivity contribution is -0.139. The molecule has 1 aliphatic heterocycles. The third kappa shape index (κ3) is 19.5. The maximum Gasteiger partial charge on any atom is 0.333 e. The Bertz CT molecular complexity index is 450. The highest BCUT2D eigenvalue weighted by Crippen LogP contribution is 2.09. The molecule has 0 aromatic rings. The van der Waals surface area contributed by atoms with Gasteiger partial charge in [0.15, 0.2) is 0 Å². The van der Waals surface area contributed by atoms with Crippen molar-refractivity contribution in [2.75, 3.05) is 26.9 Å². The van der Waals surface area contributed by atoms with E-state index in [-0.39, 0.29) is 18.0 Å². The Morgan fingerprint density at radius 1 is 1.16 bits per heavy atom. The summed E-state index contributed by atoms with van der Waals surface area (Å²) in [4.78, 5) is 30.9. The van der Waals surface area contributed by atoms with Crippen LogP contribution in [0.1, 0.15) is 26.7 Å². The van der Waals surface area contributed by atoms with E-state index in [1.54, 1.807) is 6.92 Å². The fourth-order valence-corrected chi connectivity index (χ4v) is 0.915. The zero-order valence-electron chi connectivity index (χ0n) is 15.2. The van der Waals surface area contributed by atoms with E-state index in [4.69, 9.17) is 9.47 Å². The topological polar surface area (TPSA) is 91.4 Å². The number of esters is 3. The minimum absolute atomic E-state index is 0.142. The Morgan fingerprint density at radius 3 is 2.04 bits per heavy atom. The first kappa shape index (κ1) is 24.8. The maximum absolute atomic E-state index is 10.7. The molecule has 0 aromatic carbocycles. The van der Waals surface area contributed by atoms with Crippen molar-refractivity contribution in [3.8, 4) is 0 Å². The molecule has 0 saturated carbocycles. The molecule has 1 fully saturated rings. The number of methoxy groups -OCH3 is 1. The van der Waals surface area contributed by atoms with Gasteiger partial charge in [0.2, 0.25) is 0 Å². The van der Waals surface area contributed by atoms with Gasteiger partial charge in [0.25, 0.3) is 0 Å². The summed E-state index contributed by atoms with van der Waals surface area (Å²) in [5.74, 6) is -1.06. The second-order valence-electron chi connectivity index (χ2n) is 4.79. The molecule has 1 heterocycles. The van der Waals surface area contributed by atoms with E-state index in [2.05, 4.69) is 29.2 Å². The summed E-state index contributed by atoms with van der Waals surface area (Å²) in [5.41, 5.74) is 0.431. The number of hydrogen-bond donors (Lipinski definition) is 0. The molecular weight excluding hydrogens is 328 g/mol. The van der Waals surface area contributed by atoms with Crippen LogP contribution in [0, 0.1) is 0 Å². The highest BCUT2D eigenvalue weighted by atomic mass is 16.6. The van der Waals surface area contributed by atoms with Gasteiger partial charge in [0, 0.05) is 17.7 Å². The van der Waals surface area contributed by atoms with E-state index in [0.29, 0.717) is 25.4 Å². The van der Waals surface area contributed by atoms with Gasteiger partial charge in [-0.2, -0.15) is 0 Å². The first-order chi connectivity index (χ1) is 11.8. The third-order valence-corrected chi connectivity index (χ3v) is 2.43. The number of hydrogen-bond acceptors (Lipinski definition) is 7. The molecule has 0 aromatic heterocycles. The molecule has 7 heteroatoms. The summed E-state index contributed by atoms with van der Waals surface area (Å²) in [5, 5.41) is 0. The normalized spacial score (nSPS) is 13.5. The molecule has 0 amide bonds. The monoisotopic (exact) mass is 356 g/mol. The van der Waals surface area contributed by atoms with Crippen LogP contribution in [0.2, 0.25) is 0 Å². The fourth-order valence-electron chi connectivity index (χ4n) is 0.915. The van der Waals surface area contributed by atoms with Crippen LogP contribution < -0.4 is 0 Å². The summed E-state index contributed by atoms with van der Waals surface area (Å²) in [6.07, 6.45) is 4.41. The SMILES string of the molecule is C=C(C)C(=O)OCC1CO1.C=CC(=O)OC.C=CC(=O)OCCCC. The largest absolute Gasteiger partial charge is 0.466 e. The zero-order chi connectivity index (χ0) is 19.7. The van der Waals surface area contributed by atoms with Crippen molar-refractivity contribution in [1.29, 1.82) is 0 Å². The molecule has 142 valence electrons. The van der Waals surface area contributed by atoms with E-state index < -0.39 is 5.97 Å². The Labute approximate surface area is 149 Å². The summed E-state index contributed by atoms with van der Waals surface area (Å²) in [6.45, 7) is 15.1. The van der Waals surface area contributed by atoms with E-state index in [1.807, 2.05) is 6.92 Å². The Balaban J connectivity index is 0. The number of epoxide rings is 1. The van der Waals surface area contributed by atoms with Gasteiger partial charge in [-0.15, -0.1) is 0 Å². The lowest BCUT2D eigenvalue weighted by atomic mass is 10.4. The van der Waals surface area contributed by atoms with Crippen molar-refractivity contribution < 1.29 is 33.3 Å². The van der Waals surface area contributed by atoms with Crippen molar-refractivity contribution in [1.82, 2.24) is 0 Å².